The van der Waals surface area contributed by atoms with E-state index in [1.165, 1.54) is 17.4 Å². The van der Waals surface area contributed by atoms with Gasteiger partial charge in [0.1, 0.15) is 9.84 Å². The summed E-state index contributed by atoms with van der Waals surface area (Å²) in [5.41, 5.74) is 2.66. The fraction of sp³-hybridized carbons (Fsp3) is 0.600. The summed E-state index contributed by atoms with van der Waals surface area (Å²) in [6.07, 6.45) is 3.97. The normalized spacial score (nSPS) is 13.4. The Bertz CT molecular complexity index is 483. The van der Waals surface area contributed by atoms with Crippen molar-refractivity contribution in [2.45, 2.75) is 39.2 Å². The summed E-state index contributed by atoms with van der Waals surface area (Å²) in [7, 11) is -2.87. The van der Waals surface area contributed by atoms with Crippen molar-refractivity contribution in [3.63, 3.8) is 0 Å². The van der Waals surface area contributed by atoms with Crippen molar-refractivity contribution in [3.05, 3.63) is 35.4 Å². The second kappa shape index (κ2) is 7.65. The van der Waals surface area contributed by atoms with E-state index >= 15 is 0 Å². The molecule has 19 heavy (non-hydrogen) atoms. The summed E-state index contributed by atoms with van der Waals surface area (Å²) in [6, 6.07) is 8.65. The van der Waals surface area contributed by atoms with Crippen LogP contribution in [0.3, 0.4) is 0 Å². The molecular formula is C15H25NO2S. The van der Waals surface area contributed by atoms with Crippen LogP contribution in [-0.2, 0) is 16.3 Å². The number of hydrogen-bond donors (Lipinski definition) is 1. The molecule has 1 N–H and O–H groups in total. The second-order valence-electron chi connectivity index (χ2n) is 5.14. The van der Waals surface area contributed by atoms with Gasteiger partial charge in [-0.15, -0.1) is 0 Å². The van der Waals surface area contributed by atoms with Crippen LogP contribution in [0.5, 0.6) is 0 Å². The quantitative estimate of drug-likeness (QED) is 0.796. The first kappa shape index (κ1) is 16.2. The third-order valence-electron chi connectivity index (χ3n) is 3.35. The average molecular weight is 283 g/mol. The molecule has 0 amide bonds. The fourth-order valence-corrected chi connectivity index (χ4v) is 2.93. The van der Waals surface area contributed by atoms with Gasteiger partial charge in [0.2, 0.25) is 0 Å². The van der Waals surface area contributed by atoms with Crippen LogP contribution in [0.15, 0.2) is 24.3 Å². The first-order valence-corrected chi connectivity index (χ1v) is 8.94. The molecule has 3 nitrogen and oxygen atoms in total. The topological polar surface area (TPSA) is 46.2 Å². The standard InChI is InChI=1S/C15H25NO2S/c1-4-16-15(11-12-19(3,17)18)10-9-14-8-6-5-7-13(14)2/h5-8,15-16H,4,9-12H2,1-3H3. The predicted octanol–water partition coefficient (Wildman–Crippen LogP) is 2.34. The summed E-state index contributed by atoms with van der Waals surface area (Å²) in [4.78, 5) is 0. The lowest BCUT2D eigenvalue weighted by Crippen LogP contribution is -2.31. The van der Waals surface area contributed by atoms with Crippen molar-refractivity contribution >= 4 is 9.84 Å². The van der Waals surface area contributed by atoms with E-state index in [0.717, 1.165) is 19.4 Å². The molecule has 1 rings (SSSR count). The molecule has 0 heterocycles. The minimum atomic E-state index is -2.87. The zero-order valence-electron chi connectivity index (χ0n) is 12.1. The van der Waals surface area contributed by atoms with Gasteiger partial charge in [0, 0.05) is 12.3 Å². The lowest BCUT2D eigenvalue weighted by Gasteiger charge is -2.18. The molecule has 0 aliphatic rings. The highest BCUT2D eigenvalue weighted by Gasteiger charge is 2.12. The van der Waals surface area contributed by atoms with E-state index in [1.807, 2.05) is 6.07 Å². The Morgan fingerprint density at radius 3 is 2.47 bits per heavy atom. The molecular weight excluding hydrogens is 258 g/mol. The summed E-state index contributed by atoms with van der Waals surface area (Å²) in [5, 5.41) is 3.38. The largest absolute Gasteiger partial charge is 0.314 e. The van der Waals surface area contributed by atoms with Crippen LogP contribution >= 0.6 is 0 Å². The Morgan fingerprint density at radius 1 is 1.21 bits per heavy atom. The average Bonchev–Trinajstić information content (AvgIpc) is 2.33. The summed E-state index contributed by atoms with van der Waals surface area (Å²) in [6.45, 7) is 5.05. The van der Waals surface area contributed by atoms with E-state index < -0.39 is 9.84 Å². The third-order valence-corrected chi connectivity index (χ3v) is 4.33. The van der Waals surface area contributed by atoms with Gasteiger partial charge in [-0.1, -0.05) is 31.2 Å². The minimum absolute atomic E-state index is 0.262. The van der Waals surface area contributed by atoms with Crippen molar-refractivity contribution < 1.29 is 8.42 Å². The smallest absolute Gasteiger partial charge is 0.147 e. The highest BCUT2D eigenvalue weighted by atomic mass is 32.2. The third kappa shape index (κ3) is 6.73. The Labute approximate surface area is 117 Å². The SMILES string of the molecule is CCNC(CCc1ccccc1C)CCS(C)(=O)=O. The zero-order valence-corrected chi connectivity index (χ0v) is 13.0. The Kier molecular flexibility index (Phi) is 6.52. The van der Waals surface area contributed by atoms with Crippen molar-refractivity contribution in [3.8, 4) is 0 Å². The zero-order chi connectivity index (χ0) is 14.3. The van der Waals surface area contributed by atoms with Crippen LogP contribution < -0.4 is 5.32 Å². The van der Waals surface area contributed by atoms with Gasteiger partial charge in [-0.25, -0.2) is 8.42 Å². The molecule has 0 saturated carbocycles. The van der Waals surface area contributed by atoms with E-state index in [-0.39, 0.29) is 11.8 Å². The molecule has 0 saturated heterocycles. The molecule has 108 valence electrons. The molecule has 0 fully saturated rings. The molecule has 0 spiro atoms. The Balaban J connectivity index is 2.52. The van der Waals surface area contributed by atoms with E-state index in [4.69, 9.17) is 0 Å². The molecule has 0 aromatic heterocycles. The van der Waals surface area contributed by atoms with Crippen LogP contribution in [0, 0.1) is 6.92 Å². The molecule has 1 aromatic rings. The molecule has 1 atom stereocenters. The summed E-state index contributed by atoms with van der Waals surface area (Å²) < 4.78 is 22.5. The molecule has 0 aliphatic carbocycles. The van der Waals surface area contributed by atoms with Crippen molar-refractivity contribution in [1.82, 2.24) is 5.32 Å². The number of sulfone groups is 1. The van der Waals surface area contributed by atoms with E-state index in [0.29, 0.717) is 6.42 Å². The first-order valence-electron chi connectivity index (χ1n) is 6.88. The maximum absolute atomic E-state index is 11.2. The molecule has 0 aliphatic heterocycles. The van der Waals surface area contributed by atoms with Crippen LogP contribution in [0.25, 0.3) is 0 Å². The van der Waals surface area contributed by atoms with Gasteiger partial charge in [0.05, 0.1) is 5.75 Å². The monoisotopic (exact) mass is 283 g/mol. The maximum atomic E-state index is 11.2. The van der Waals surface area contributed by atoms with E-state index in [2.05, 4.69) is 37.4 Å². The van der Waals surface area contributed by atoms with Gasteiger partial charge >= 0.3 is 0 Å². The first-order chi connectivity index (χ1) is 8.92. The van der Waals surface area contributed by atoms with Gasteiger partial charge in [-0.2, -0.15) is 0 Å². The van der Waals surface area contributed by atoms with Gasteiger partial charge in [-0.3, -0.25) is 0 Å². The number of rotatable bonds is 8. The molecule has 1 aromatic carbocycles. The fourth-order valence-electron chi connectivity index (χ4n) is 2.21. The number of nitrogens with one attached hydrogen (secondary N) is 1. The van der Waals surface area contributed by atoms with E-state index in [1.54, 1.807) is 0 Å². The highest BCUT2D eigenvalue weighted by molar-refractivity contribution is 7.90. The van der Waals surface area contributed by atoms with Crippen LogP contribution in [0.1, 0.15) is 30.9 Å². The van der Waals surface area contributed by atoms with Crippen molar-refractivity contribution in [2.75, 3.05) is 18.6 Å². The van der Waals surface area contributed by atoms with Crippen LogP contribution in [-0.4, -0.2) is 33.0 Å². The van der Waals surface area contributed by atoms with Crippen molar-refractivity contribution in [1.29, 1.82) is 0 Å². The van der Waals surface area contributed by atoms with Gasteiger partial charge in [0.25, 0.3) is 0 Å². The summed E-state index contributed by atoms with van der Waals surface area (Å²) >= 11 is 0. The number of aryl methyl sites for hydroxylation is 2. The molecule has 0 radical (unpaired) electrons. The second-order valence-corrected chi connectivity index (χ2v) is 7.40. The van der Waals surface area contributed by atoms with Crippen molar-refractivity contribution in [2.24, 2.45) is 0 Å². The number of benzene rings is 1. The van der Waals surface area contributed by atoms with Crippen LogP contribution in [0.4, 0.5) is 0 Å². The minimum Gasteiger partial charge on any atom is -0.314 e. The van der Waals surface area contributed by atoms with Gasteiger partial charge < -0.3 is 5.32 Å². The van der Waals surface area contributed by atoms with E-state index in [9.17, 15) is 8.42 Å². The summed E-state index contributed by atoms with van der Waals surface area (Å²) in [5.74, 6) is 0.262. The Morgan fingerprint density at radius 2 is 1.89 bits per heavy atom. The lowest BCUT2D eigenvalue weighted by molar-refractivity contribution is 0.478. The molecule has 4 heteroatoms. The van der Waals surface area contributed by atoms with Gasteiger partial charge in [-0.05, 0) is 43.9 Å². The lowest BCUT2D eigenvalue weighted by atomic mass is 10.00. The number of hydrogen-bond acceptors (Lipinski definition) is 3. The van der Waals surface area contributed by atoms with Crippen LogP contribution in [0.2, 0.25) is 0 Å². The molecule has 0 bridgehead atoms. The molecule has 1 unspecified atom stereocenters. The van der Waals surface area contributed by atoms with Gasteiger partial charge in [0.15, 0.2) is 0 Å². The maximum Gasteiger partial charge on any atom is 0.147 e. The highest BCUT2D eigenvalue weighted by Crippen LogP contribution is 2.12. The predicted molar refractivity (Wildman–Crippen MR) is 81.3 cm³/mol. The Hall–Kier alpha value is -0.870.